The van der Waals surface area contributed by atoms with Gasteiger partial charge in [-0.3, -0.25) is 9.89 Å². The van der Waals surface area contributed by atoms with E-state index < -0.39 is 11.9 Å². The first-order chi connectivity index (χ1) is 11.7. The minimum absolute atomic E-state index is 0.0129. The Kier molecular flexibility index (Phi) is 6.74. The molecule has 0 radical (unpaired) electrons. The molecule has 1 aliphatic rings. The lowest BCUT2D eigenvalue weighted by Gasteiger charge is -2.32. The van der Waals surface area contributed by atoms with Gasteiger partial charge in [-0.25, -0.2) is 4.31 Å². The fraction of sp³-hybridized carbons (Fsp3) is 0.438. The molecule has 1 aromatic carbocycles. The standard InChI is InChI=1S/C16H22F3N5S/c1-12(20)10-15(16(17,18)19)22-11-23-6-8-24(9-7-23)25-14-4-2-13(21)3-5-14/h2-5,10H,6-9,11,20-21H2,1H3/b12-10-,22-15?. The monoisotopic (exact) mass is 373 g/mol. The summed E-state index contributed by atoms with van der Waals surface area (Å²) in [7, 11) is 0. The first kappa shape index (κ1) is 19.6. The van der Waals surface area contributed by atoms with Gasteiger partial charge in [-0.2, -0.15) is 13.2 Å². The van der Waals surface area contributed by atoms with Crippen LogP contribution in [0.4, 0.5) is 18.9 Å². The second-order valence-corrected chi connectivity index (χ2v) is 6.95. The highest BCUT2D eigenvalue weighted by atomic mass is 32.2. The first-order valence-corrected chi connectivity index (χ1v) is 8.57. The molecule has 1 saturated heterocycles. The van der Waals surface area contributed by atoms with Crippen LogP contribution in [0.2, 0.25) is 0 Å². The minimum atomic E-state index is -4.49. The Morgan fingerprint density at radius 2 is 1.80 bits per heavy atom. The molecular formula is C16H22F3N5S. The largest absolute Gasteiger partial charge is 0.433 e. The summed E-state index contributed by atoms with van der Waals surface area (Å²) >= 11 is 1.62. The Bertz CT molecular complexity index is 616. The highest BCUT2D eigenvalue weighted by Crippen LogP contribution is 2.25. The van der Waals surface area contributed by atoms with E-state index in [1.807, 2.05) is 29.2 Å². The van der Waals surface area contributed by atoms with E-state index in [-0.39, 0.29) is 12.4 Å². The number of allylic oxidation sites excluding steroid dienone is 2. The summed E-state index contributed by atoms with van der Waals surface area (Å²) in [6.07, 6.45) is -3.62. The highest BCUT2D eigenvalue weighted by molar-refractivity contribution is 7.97. The van der Waals surface area contributed by atoms with Gasteiger partial charge in [0.25, 0.3) is 0 Å². The number of piperazine rings is 1. The fourth-order valence-corrected chi connectivity index (χ4v) is 3.15. The molecule has 5 nitrogen and oxygen atoms in total. The Hall–Kier alpha value is -1.71. The minimum Gasteiger partial charge on any atom is -0.402 e. The van der Waals surface area contributed by atoms with Crippen LogP contribution in [0.25, 0.3) is 0 Å². The SMILES string of the molecule is C/C(N)=C/C(=NCN1CCN(Sc2ccc(N)cc2)CC1)C(F)(F)F. The highest BCUT2D eigenvalue weighted by Gasteiger charge is 2.34. The molecule has 0 aliphatic carbocycles. The average molecular weight is 373 g/mol. The van der Waals surface area contributed by atoms with E-state index in [1.165, 1.54) is 6.92 Å². The van der Waals surface area contributed by atoms with Gasteiger partial charge in [0.2, 0.25) is 0 Å². The van der Waals surface area contributed by atoms with Crippen LogP contribution in [-0.2, 0) is 0 Å². The van der Waals surface area contributed by atoms with Crippen LogP contribution in [-0.4, -0.2) is 53.9 Å². The van der Waals surface area contributed by atoms with Gasteiger partial charge in [-0.05, 0) is 49.2 Å². The number of anilines is 1. The van der Waals surface area contributed by atoms with Crippen LogP contribution in [0, 0.1) is 0 Å². The molecule has 1 aromatic rings. The number of aliphatic imine (C=N–C) groups is 1. The molecule has 0 unspecified atom stereocenters. The van der Waals surface area contributed by atoms with E-state index >= 15 is 0 Å². The van der Waals surface area contributed by atoms with Gasteiger partial charge in [0.1, 0.15) is 5.71 Å². The summed E-state index contributed by atoms with van der Waals surface area (Å²) in [6, 6.07) is 7.60. The summed E-state index contributed by atoms with van der Waals surface area (Å²) < 4.78 is 40.9. The topological polar surface area (TPSA) is 70.9 Å². The number of rotatable bonds is 5. The second kappa shape index (κ2) is 8.59. The molecule has 0 atom stereocenters. The van der Waals surface area contributed by atoms with Gasteiger partial charge in [0.15, 0.2) is 0 Å². The molecule has 2 rings (SSSR count). The van der Waals surface area contributed by atoms with Crippen molar-refractivity contribution in [1.82, 2.24) is 9.21 Å². The summed E-state index contributed by atoms with van der Waals surface area (Å²) in [4.78, 5) is 6.68. The number of benzene rings is 1. The number of nitrogen functional groups attached to an aromatic ring is 1. The number of nitrogens with zero attached hydrogens (tertiary/aromatic N) is 3. The second-order valence-electron chi connectivity index (χ2n) is 5.78. The van der Waals surface area contributed by atoms with Crippen molar-refractivity contribution >= 4 is 23.3 Å². The normalized spacial score (nSPS) is 18.6. The van der Waals surface area contributed by atoms with Crippen LogP contribution < -0.4 is 11.5 Å². The number of hydrogen-bond acceptors (Lipinski definition) is 6. The molecule has 0 saturated carbocycles. The zero-order valence-corrected chi connectivity index (χ0v) is 14.8. The smallest absolute Gasteiger partial charge is 0.402 e. The third kappa shape index (κ3) is 6.60. The molecule has 0 spiro atoms. The molecule has 1 fully saturated rings. The van der Waals surface area contributed by atoms with Gasteiger partial charge in [0.05, 0.1) is 6.67 Å². The molecule has 25 heavy (non-hydrogen) atoms. The molecule has 0 amide bonds. The summed E-state index contributed by atoms with van der Waals surface area (Å²) in [5.74, 6) is 0. The van der Waals surface area contributed by atoms with Gasteiger partial charge in [-0.1, -0.05) is 0 Å². The van der Waals surface area contributed by atoms with E-state index in [0.717, 1.165) is 24.1 Å². The van der Waals surface area contributed by atoms with Crippen LogP contribution in [0.15, 0.2) is 45.9 Å². The Balaban J connectivity index is 1.86. The first-order valence-electron chi connectivity index (χ1n) is 7.80. The molecule has 0 aromatic heterocycles. The van der Waals surface area contributed by atoms with E-state index in [2.05, 4.69) is 9.30 Å². The molecule has 4 N–H and O–H groups in total. The van der Waals surface area contributed by atoms with Crippen molar-refractivity contribution in [2.24, 2.45) is 10.7 Å². The van der Waals surface area contributed by atoms with E-state index in [0.29, 0.717) is 18.8 Å². The molecule has 9 heteroatoms. The number of nitrogens with two attached hydrogens (primary N) is 2. The average Bonchev–Trinajstić information content (AvgIpc) is 2.53. The van der Waals surface area contributed by atoms with E-state index in [4.69, 9.17) is 11.5 Å². The zero-order chi connectivity index (χ0) is 18.4. The van der Waals surface area contributed by atoms with Crippen LogP contribution in [0.5, 0.6) is 0 Å². The van der Waals surface area contributed by atoms with Crippen LogP contribution in [0.1, 0.15) is 6.92 Å². The fourth-order valence-electron chi connectivity index (χ4n) is 2.25. The van der Waals surface area contributed by atoms with Crippen LogP contribution >= 0.6 is 11.9 Å². The maximum atomic E-state index is 12.9. The van der Waals surface area contributed by atoms with Crippen LogP contribution in [0.3, 0.4) is 0 Å². The summed E-state index contributed by atoms with van der Waals surface area (Å²) in [5.41, 5.74) is 10.9. The van der Waals surface area contributed by atoms with E-state index in [1.54, 1.807) is 11.9 Å². The third-order valence-electron chi connectivity index (χ3n) is 3.54. The predicted octanol–water partition coefficient (Wildman–Crippen LogP) is 2.72. The quantitative estimate of drug-likeness (QED) is 0.472. The van der Waals surface area contributed by atoms with E-state index in [9.17, 15) is 13.2 Å². The van der Waals surface area contributed by atoms with Gasteiger partial charge in [0, 0.05) is 42.5 Å². The summed E-state index contributed by atoms with van der Waals surface area (Å²) in [6.45, 7) is 4.23. The van der Waals surface area contributed by atoms with Crippen molar-refractivity contribution < 1.29 is 13.2 Å². The van der Waals surface area contributed by atoms with Crippen molar-refractivity contribution in [1.29, 1.82) is 0 Å². The molecule has 138 valence electrons. The molecule has 1 heterocycles. The Morgan fingerprint density at radius 1 is 1.20 bits per heavy atom. The Labute approximate surface area is 149 Å². The Morgan fingerprint density at radius 3 is 2.32 bits per heavy atom. The molecular weight excluding hydrogens is 351 g/mol. The van der Waals surface area contributed by atoms with Crippen molar-refractivity contribution in [3.8, 4) is 0 Å². The number of hydrogen-bond donors (Lipinski definition) is 2. The number of alkyl halides is 3. The third-order valence-corrected chi connectivity index (χ3v) is 4.65. The van der Waals surface area contributed by atoms with Gasteiger partial charge in [-0.15, -0.1) is 0 Å². The molecule has 0 bridgehead atoms. The zero-order valence-electron chi connectivity index (χ0n) is 14.0. The lowest BCUT2D eigenvalue weighted by Crippen LogP contribution is -2.43. The number of halogens is 3. The maximum absolute atomic E-state index is 12.9. The lowest BCUT2D eigenvalue weighted by molar-refractivity contribution is -0.0581. The van der Waals surface area contributed by atoms with Gasteiger partial charge < -0.3 is 11.5 Å². The molecule has 1 aliphatic heterocycles. The predicted molar refractivity (Wildman–Crippen MR) is 96.2 cm³/mol. The van der Waals surface area contributed by atoms with Crippen molar-refractivity contribution in [2.75, 3.05) is 38.6 Å². The van der Waals surface area contributed by atoms with Crippen molar-refractivity contribution in [3.63, 3.8) is 0 Å². The van der Waals surface area contributed by atoms with Gasteiger partial charge >= 0.3 is 6.18 Å². The lowest BCUT2D eigenvalue weighted by atomic mass is 10.3. The van der Waals surface area contributed by atoms with Crippen molar-refractivity contribution in [2.45, 2.75) is 18.0 Å². The van der Waals surface area contributed by atoms with Crippen molar-refractivity contribution in [3.05, 3.63) is 36.0 Å². The maximum Gasteiger partial charge on any atom is 0.433 e. The summed E-state index contributed by atoms with van der Waals surface area (Å²) in [5, 5.41) is 0.